The van der Waals surface area contributed by atoms with Crippen LogP contribution in [0, 0.1) is 5.92 Å². The lowest BCUT2D eigenvalue weighted by atomic mass is 9.89. The van der Waals surface area contributed by atoms with Crippen LogP contribution in [0.5, 0.6) is 0 Å². The van der Waals surface area contributed by atoms with Crippen LogP contribution in [0.3, 0.4) is 0 Å². The summed E-state index contributed by atoms with van der Waals surface area (Å²) in [6, 6.07) is 0.458. The minimum absolute atomic E-state index is 0.0459. The van der Waals surface area contributed by atoms with Gasteiger partial charge >= 0.3 is 0 Å². The summed E-state index contributed by atoms with van der Waals surface area (Å²) in [4.78, 5) is 0. The zero-order valence-corrected chi connectivity index (χ0v) is 12.4. The van der Waals surface area contributed by atoms with Gasteiger partial charge in [-0.2, -0.15) is 0 Å². The normalized spacial score (nSPS) is 33.2. The van der Waals surface area contributed by atoms with Gasteiger partial charge < -0.3 is 19.9 Å². The number of hydrogen-bond donors (Lipinski definition) is 2. The van der Waals surface area contributed by atoms with Gasteiger partial charge in [0.15, 0.2) is 0 Å². The topological polar surface area (TPSA) is 50.7 Å². The van der Waals surface area contributed by atoms with Gasteiger partial charge in [-0.25, -0.2) is 0 Å². The van der Waals surface area contributed by atoms with Crippen molar-refractivity contribution in [3.63, 3.8) is 0 Å². The average molecular weight is 271 g/mol. The predicted octanol–water partition coefficient (Wildman–Crippen LogP) is 1.71. The molecule has 0 aromatic rings. The standard InChI is InChI=1S/C15H29NO3/c1-3-12(4-2)14(17)10-16-13-5-7-19-15(9-13)6-8-18-11-15/h12-14,16-17H,3-11H2,1-2H3. The molecule has 2 saturated heterocycles. The first-order valence-corrected chi connectivity index (χ1v) is 7.82. The van der Waals surface area contributed by atoms with Gasteiger partial charge in [0.25, 0.3) is 0 Å². The molecule has 19 heavy (non-hydrogen) atoms. The summed E-state index contributed by atoms with van der Waals surface area (Å²) in [6.07, 6.45) is 4.93. The van der Waals surface area contributed by atoms with Crippen molar-refractivity contribution in [2.24, 2.45) is 5.92 Å². The molecule has 2 rings (SSSR count). The lowest BCUT2D eigenvalue weighted by Crippen LogP contribution is -2.49. The molecule has 4 nitrogen and oxygen atoms in total. The summed E-state index contributed by atoms with van der Waals surface area (Å²) >= 11 is 0. The molecule has 1 spiro atoms. The van der Waals surface area contributed by atoms with E-state index in [1.54, 1.807) is 0 Å². The third kappa shape index (κ3) is 3.91. The van der Waals surface area contributed by atoms with Crippen molar-refractivity contribution in [1.82, 2.24) is 5.32 Å². The molecule has 0 aromatic carbocycles. The third-order valence-electron chi connectivity index (χ3n) is 4.77. The Hall–Kier alpha value is -0.160. The van der Waals surface area contributed by atoms with E-state index in [1.807, 2.05) is 0 Å². The van der Waals surface area contributed by atoms with E-state index in [-0.39, 0.29) is 11.7 Å². The Balaban J connectivity index is 1.76. The van der Waals surface area contributed by atoms with Gasteiger partial charge in [0.1, 0.15) is 0 Å². The maximum Gasteiger partial charge on any atom is 0.0951 e. The van der Waals surface area contributed by atoms with E-state index in [2.05, 4.69) is 19.2 Å². The third-order valence-corrected chi connectivity index (χ3v) is 4.77. The molecule has 2 heterocycles. The van der Waals surface area contributed by atoms with Crippen molar-refractivity contribution in [2.75, 3.05) is 26.4 Å². The fourth-order valence-corrected chi connectivity index (χ4v) is 3.35. The Morgan fingerprint density at radius 2 is 2.11 bits per heavy atom. The van der Waals surface area contributed by atoms with Crippen LogP contribution >= 0.6 is 0 Å². The molecule has 0 amide bonds. The molecule has 2 N–H and O–H groups in total. The Labute approximate surface area is 116 Å². The number of hydrogen-bond acceptors (Lipinski definition) is 4. The fraction of sp³-hybridized carbons (Fsp3) is 1.00. The average Bonchev–Trinajstić information content (AvgIpc) is 2.86. The summed E-state index contributed by atoms with van der Waals surface area (Å²) in [5.41, 5.74) is -0.0459. The highest BCUT2D eigenvalue weighted by molar-refractivity contribution is 4.93. The molecule has 0 aromatic heterocycles. The maximum atomic E-state index is 10.2. The zero-order valence-electron chi connectivity index (χ0n) is 12.4. The van der Waals surface area contributed by atoms with Crippen LogP contribution in [-0.2, 0) is 9.47 Å². The number of ether oxygens (including phenoxy) is 2. The van der Waals surface area contributed by atoms with Gasteiger partial charge in [-0.05, 0) is 18.8 Å². The smallest absolute Gasteiger partial charge is 0.0951 e. The number of aliphatic hydroxyl groups excluding tert-OH is 1. The molecule has 4 heteroatoms. The van der Waals surface area contributed by atoms with E-state index >= 15 is 0 Å². The van der Waals surface area contributed by atoms with Crippen LogP contribution in [0.25, 0.3) is 0 Å². The Morgan fingerprint density at radius 3 is 2.74 bits per heavy atom. The van der Waals surface area contributed by atoms with Crippen molar-refractivity contribution < 1.29 is 14.6 Å². The molecule has 3 atom stereocenters. The molecule has 3 unspecified atom stereocenters. The Kier molecular flexibility index (Phi) is 5.63. The van der Waals surface area contributed by atoms with E-state index in [0.29, 0.717) is 18.5 Å². The molecule has 0 bridgehead atoms. The van der Waals surface area contributed by atoms with Crippen molar-refractivity contribution in [2.45, 2.75) is 63.7 Å². The Morgan fingerprint density at radius 1 is 1.32 bits per heavy atom. The molecular formula is C15H29NO3. The Bertz CT molecular complexity index is 262. The van der Waals surface area contributed by atoms with Gasteiger partial charge in [0, 0.05) is 32.2 Å². The summed E-state index contributed by atoms with van der Waals surface area (Å²) < 4.78 is 11.4. The van der Waals surface area contributed by atoms with Crippen LogP contribution in [-0.4, -0.2) is 49.2 Å². The number of rotatable bonds is 6. The molecule has 0 aliphatic carbocycles. The molecule has 2 fully saturated rings. The number of aliphatic hydroxyl groups is 1. The van der Waals surface area contributed by atoms with Crippen LogP contribution in [0.2, 0.25) is 0 Å². The molecule has 2 aliphatic heterocycles. The fourth-order valence-electron chi connectivity index (χ4n) is 3.35. The first-order valence-electron chi connectivity index (χ1n) is 7.82. The SMILES string of the molecule is CCC(CC)C(O)CNC1CCOC2(CCOC2)C1. The van der Waals surface area contributed by atoms with Crippen LogP contribution in [0.15, 0.2) is 0 Å². The second-order valence-electron chi connectivity index (χ2n) is 6.08. The molecule has 112 valence electrons. The largest absolute Gasteiger partial charge is 0.392 e. The summed E-state index contributed by atoms with van der Waals surface area (Å²) in [7, 11) is 0. The minimum atomic E-state index is -0.228. The zero-order chi connectivity index (χ0) is 13.7. The van der Waals surface area contributed by atoms with Crippen LogP contribution in [0.4, 0.5) is 0 Å². The first kappa shape index (κ1) is 15.2. The van der Waals surface area contributed by atoms with Crippen molar-refractivity contribution >= 4 is 0 Å². The van der Waals surface area contributed by atoms with E-state index in [4.69, 9.17) is 9.47 Å². The summed E-state index contributed by atoms with van der Waals surface area (Å²) in [5, 5.41) is 13.7. The van der Waals surface area contributed by atoms with Gasteiger partial charge in [-0.1, -0.05) is 26.7 Å². The lowest BCUT2D eigenvalue weighted by molar-refractivity contribution is -0.0903. The van der Waals surface area contributed by atoms with Crippen LogP contribution < -0.4 is 5.32 Å². The summed E-state index contributed by atoms with van der Waals surface area (Å²) in [5.74, 6) is 0.413. The minimum Gasteiger partial charge on any atom is -0.392 e. The van der Waals surface area contributed by atoms with Gasteiger partial charge in [0.05, 0.1) is 18.3 Å². The lowest BCUT2D eigenvalue weighted by Gasteiger charge is -2.38. The quantitative estimate of drug-likeness (QED) is 0.772. The van der Waals surface area contributed by atoms with Gasteiger partial charge in [0.2, 0.25) is 0 Å². The highest BCUT2D eigenvalue weighted by Gasteiger charge is 2.40. The van der Waals surface area contributed by atoms with E-state index in [9.17, 15) is 5.11 Å². The van der Waals surface area contributed by atoms with E-state index in [1.165, 1.54) is 0 Å². The maximum absolute atomic E-state index is 10.2. The molecular weight excluding hydrogens is 242 g/mol. The highest BCUT2D eigenvalue weighted by Crippen LogP contribution is 2.32. The van der Waals surface area contributed by atoms with Gasteiger partial charge in [-0.15, -0.1) is 0 Å². The molecule has 2 aliphatic rings. The van der Waals surface area contributed by atoms with E-state index < -0.39 is 0 Å². The molecule has 0 saturated carbocycles. The van der Waals surface area contributed by atoms with Crippen molar-refractivity contribution in [3.8, 4) is 0 Å². The van der Waals surface area contributed by atoms with Crippen molar-refractivity contribution in [1.29, 1.82) is 0 Å². The summed E-state index contributed by atoms with van der Waals surface area (Å²) in [6.45, 7) is 7.37. The number of nitrogens with one attached hydrogen (secondary N) is 1. The second-order valence-corrected chi connectivity index (χ2v) is 6.08. The van der Waals surface area contributed by atoms with Crippen molar-refractivity contribution in [3.05, 3.63) is 0 Å². The predicted molar refractivity (Wildman–Crippen MR) is 75.2 cm³/mol. The first-order chi connectivity index (χ1) is 9.19. The van der Waals surface area contributed by atoms with Gasteiger partial charge in [-0.3, -0.25) is 0 Å². The van der Waals surface area contributed by atoms with Crippen LogP contribution in [0.1, 0.15) is 46.0 Å². The molecule has 0 radical (unpaired) electrons. The monoisotopic (exact) mass is 271 g/mol. The highest BCUT2D eigenvalue weighted by atomic mass is 16.6. The second kappa shape index (κ2) is 7.02. The van der Waals surface area contributed by atoms with E-state index in [0.717, 1.165) is 51.9 Å².